The molecule has 1 aromatic heterocycles. The van der Waals surface area contributed by atoms with E-state index in [9.17, 15) is 0 Å². The molecule has 1 aromatic rings. The molecule has 0 radical (unpaired) electrons. The standard InChI is InChI=1S/C21H33N5/c1-16-14-19(20(22)8-11-23-2)21(24-15-16)26-12-9-18(10-13-26)25-17-6-4-3-5-7-17/h8,11,14-15,17-18,25H,3-7,9-10,12-13,22H2,1-2H3/b20-8-,23-11-. The molecule has 1 aliphatic carbocycles. The highest BCUT2D eigenvalue weighted by molar-refractivity contribution is 5.86. The second kappa shape index (κ2) is 9.17. The summed E-state index contributed by atoms with van der Waals surface area (Å²) in [6, 6.07) is 3.51. The molecule has 1 saturated carbocycles. The number of hydrogen-bond acceptors (Lipinski definition) is 5. The Kier molecular flexibility index (Phi) is 6.67. The number of aliphatic imine (C=N–C) groups is 1. The third-order valence-electron chi connectivity index (χ3n) is 5.59. The Balaban J connectivity index is 1.65. The Labute approximate surface area is 157 Å². The summed E-state index contributed by atoms with van der Waals surface area (Å²) in [5.41, 5.74) is 9.17. The lowest BCUT2D eigenvalue weighted by Gasteiger charge is -2.36. The Morgan fingerprint density at radius 3 is 2.58 bits per heavy atom. The van der Waals surface area contributed by atoms with Gasteiger partial charge in [0.15, 0.2) is 0 Å². The van der Waals surface area contributed by atoms with Crippen LogP contribution in [0.5, 0.6) is 0 Å². The van der Waals surface area contributed by atoms with Gasteiger partial charge >= 0.3 is 0 Å². The molecule has 5 nitrogen and oxygen atoms in total. The summed E-state index contributed by atoms with van der Waals surface area (Å²) in [7, 11) is 1.75. The van der Waals surface area contributed by atoms with Gasteiger partial charge in [-0.25, -0.2) is 4.98 Å². The van der Waals surface area contributed by atoms with Crippen LogP contribution in [0.2, 0.25) is 0 Å². The van der Waals surface area contributed by atoms with E-state index in [2.05, 4.69) is 28.2 Å². The fourth-order valence-corrected chi connectivity index (χ4v) is 4.13. The summed E-state index contributed by atoms with van der Waals surface area (Å²) in [5, 5.41) is 3.90. The van der Waals surface area contributed by atoms with Gasteiger partial charge in [0, 0.05) is 55.9 Å². The second-order valence-electron chi connectivity index (χ2n) is 7.68. The molecule has 1 aliphatic heterocycles. The van der Waals surface area contributed by atoms with Crippen LogP contribution in [0.25, 0.3) is 5.70 Å². The zero-order valence-electron chi connectivity index (χ0n) is 16.2. The molecular formula is C21H33N5. The van der Waals surface area contributed by atoms with E-state index in [1.807, 2.05) is 12.3 Å². The number of pyridine rings is 1. The lowest BCUT2D eigenvalue weighted by molar-refractivity contribution is 0.307. The monoisotopic (exact) mass is 355 g/mol. The van der Waals surface area contributed by atoms with E-state index in [0.717, 1.165) is 41.8 Å². The van der Waals surface area contributed by atoms with Crippen LogP contribution in [-0.2, 0) is 0 Å². The molecular weight excluding hydrogens is 322 g/mol. The van der Waals surface area contributed by atoms with Crippen molar-refractivity contribution >= 4 is 17.7 Å². The smallest absolute Gasteiger partial charge is 0.137 e. The summed E-state index contributed by atoms with van der Waals surface area (Å²) >= 11 is 0. The maximum absolute atomic E-state index is 6.30. The van der Waals surface area contributed by atoms with Gasteiger partial charge in [-0.3, -0.25) is 4.99 Å². The first-order valence-corrected chi connectivity index (χ1v) is 10.0. The Hall–Kier alpha value is -1.88. The fraction of sp³-hybridized carbons (Fsp3) is 0.619. The lowest BCUT2D eigenvalue weighted by atomic mass is 9.93. The first kappa shape index (κ1) is 18.9. The average Bonchev–Trinajstić information content (AvgIpc) is 2.67. The minimum absolute atomic E-state index is 0.642. The first-order valence-electron chi connectivity index (χ1n) is 10.0. The maximum Gasteiger partial charge on any atom is 0.137 e. The third kappa shape index (κ3) is 4.85. The Morgan fingerprint density at radius 2 is 1.88 bits per heavy atom. The zero-order valence-corrected chi connectivity index (χ0v) is 16.2. The molecule has 3 rings (SSSR count). The molecule has 2 fully saturated rings. The molecule has 0 spiro atoms. The zero-order chi connectivity index (χ0) is 18.4. The van der Waals surface area contributed by atoms with Crippen molar-refractivity contribution in [3.05, 3.63) is 29.5 Å². The molecule has 0 unspecified atom stereocenters. The molecule has 0 atom stereocenters. The van der Waals surface area contributed by atoms with E-state index in [1.165, 1.54) is 44.9 Å². The highest BCUT2D eigenvalue weighted by Gasteiger charge is 2.24. The number of rotatable bonds is 5. The van der Waals surface area contributed by atoms with Crippen LogP contribution < -0.4 is 16.0 Å². The van der Waals surface area contributed by atoms with Gasteiger partial charge in [0.25, 0.3) is 0 Å². The van der Waals surface area contributed by atoms with Gasteiger partial charge in [-0.1, -0.05) is 19.3 Å². The van der Waals surface area contributed by atoms with Gasteiger partial charge < -0.3 is 16.0 Å². The van der Waals surface area contributed by atoms with Crippen LogP contribution in [0.4, 0.5) is 5.82 Å². The van der Waals surface area contributed by atoms with E-state index in [4.69, 9.17) is 10.7 Å². The summed E-state index contributed by atoms with van der Waals surface area (Å²) in [6.45, 7) is 4.12. The Morgan fingerprint density at radius 1 is 1.19 bits per heavy atom. The number of aromatic nitrogens is 1. The van der Waals surface area contributed by atoms with E-state index in [0.29, 0.717) is 6.04 Å². The molecule has 2 aliphatic rings. The van der Waals surface area contributed by atoms with Crippen molar-refractivity contribution in [2.75, 3.05) is 25.0 Å². The summed E-state index contributed by atoms with van der Waals surface area (Å²) < 4.78 is 0. The molecule has 26 heavy (non-hydrogen) atoms. The molecule has 1 saturated heterocycles. The second-order valence-corrected chi connectivity index (χ2v) is 7.68. The van der Waals surface area contributed by atoms with E-state index in [1.54, 1.807) is 13.3 Å². The third-order valence-corrected chi connectivity index (χ3v) is 5.59. The molecule has 0 aromatic carbocycles. The van der Waals surface area contributed by atoms with Gasteiger partial charge in [-0.15, -0.1) is 0 Å². The van der Waals surface area contributed by atoms with Crippen molar-refractivity contribution < 1.29 is 0 Å². The Bertz CT molecular complexity index is 638. The van der Waals surface area contributed by atoms with Crippen molar-refractivity contribution in [1.82, 2.24) is 10.3 Å². The fourth-order valence-electron chi connectivity index (χ4n) is 4.13. The largest absolute Gasteiger partial charge is 0.398 e. The minimum Gasteiger partial charge on any atom is -0.398 e. The number of nitrogens with two attached hydrogens (primary N) is 1. The van der Waals surface area contributed by atoms with Crippen LogP contribution in [0.15, 0.2) is 23.3 Å². The average molecular weight is 356 g/mol. The number of nitrogens with one attached hydrogen (secondary N) is 1. The van der Waals surface area contributed by atoms with E-state index < -0.39 is 0 Å². The quantitative estimate of drug-likeness (QED) is 0.796. The highest BCUT2D eigenvalue weighted by atomic mass is 15.2. The number of nitrogens with zero attached hydrogens (tertiary/aromatic N) is 3. The van der Waals surface area contributed by atoms with Crippen molar-refractivity contribution in [2.24, 2.45) is 10.7 Å². The van der Waals surface area contributed by atoms with Crippen molar-refractivity contribution in [3.63, 3.8) is 0 Å². The van der Waals surface area contributed by atoms with Gasteiger partial charge in [0.05, 0.1) is 0 Å². The number of aryl methyl sites for hydroxylation is 1. The van der Waals surface area contributed by atoms with Gasteiger partial charge in [-0.05, 0) is 50.3 Å². The number of piperidine rings is 1. The summed E-state index contributed by atoms with van der Waals surface area (Å²) in [4.78, 5) is 11.1. The normalized spacial score (nSPS) is 20.8. The topological polar surface area (TPSA) is 66.5 Å². The van der Waals surface area contributed by atoms with Crippen molar-refractivity contribution in [2.45, 2.75) is 64.0 Å². The summed E-state index contributed by atoms with van der Waals surface area (Å²) in [5.74, 6) is 1.00. The van der Waals surface area contributed by atoms with Crippen LogP contribution in [0.1, 0.15) is 56.1 Å². The lowest BCUT2D eigenvalue weighted by Crippen LogP contribution is -2.47. The molecule has 5 heteroatoms. The van der Waals surface area contributed by atoms with Crippen LogP contribution in [0.3, 0.4) is 0 Å². The number of anilines is 1. The van der Waals surface area contributed by atoms with Crippen LogP contribution in [-0.4, -0.2) is 43.4 Å². The SMILES string of the molecule is C/N=C\C=C(/N)c1cc(C)cnc1N1CCC(NC2CCCCC2)CC1. The van der Waals surface area contributed by atoms with Crippen LogP contribution in [0, 0.1) is 6.92 Å². The van der Waals surface area contributed by atoms with Gasteiger partial charge in [0.1, 0.15) is 5.82 Å². The van der Waals surface area contributed by atoms with E-state index in [-0.39, 0.29) is 0 Å². The molecule has 0 bridgehead atoms. The van der Waals surface area contributed by atoms with Gasteiger partial charge in [0.2, 0.25) is 0 Å². The van der Waals surface area contributed by atoms with Crippen LogP contribution >= 0.6 is 0 Å². The number of allylic oxidation sites excluding steroid dienone is 1. The molecule has 3 N–H and O–H groups in total. The predicted molar refractivity (Wildman–Crippen MR) is 111 cm³/mol. The minimum atomic E-state index is 0.642. The maximum atomic E-state index is 6.30. The molecule has 142 valence electrons. The molecule has 2 heterocycles. The predicted octanol–water partition coefficient (Wildman–Crippen LogP) is 3.28. The van der Waals surface area contributed by atoms with E-state index >= 15 is 0 Å². The van der Waals surface area contributed by atoms with Crippen molar-refractivity contribution in [1.29, 1.82) is 0 Å². The first-order chi connectivity index (χ1) is 12.7. The number of hydrogen-bond donors (Lipinski definition) is 2. The highest BCUT2D eigenvalue weighted by Crippen LogP contribution is 2.27. The summed E-state index contributed by atoms with van der Waals surface area (Å²) in [6.07, 6.45) is 14.8. The van der Waals surface area contributed by atoms with Gasteiger partial charge in [-0.2, -0.15) is 0 Å². The molecule has 0 amide bonds. The van der Waals surface area contributed by atoms with Crippen molar-refractivity contribution in [3.8, 4) is 0 Å².